The van der Waals surface area contributed by atoms with Crippen molar-refractivity contribution in [2.45, 2.75) is 0 Å². The van der Waals surface area contributed by atoms with E-state index in [2.05, 4.69) is 9.88 Å². The maximum Gasteiger partial charge on any atom is 0.260 e. The smallest absolute Gasteiger partial charge is 0.260 e. The number of anilines is 1. The number of benzene rings is 2. The molecule has 1 aliphatic rings. The van der Waals surface area contributed by atoms with Crippen molar-refractivity contribution in [2.24, 2.45) is 0 Å². The second-order valence-corrected chi connectivity index (χ2v) is 7.66. The van der Waals surface area contributed by atoms with Gasteiger partial charge in [0, 0.05) is 31.2 Å². The average Bonchev–Trinajstić information content (AvgIpc) is 3.10. The highest BCUT2D eigenvalue weighted by Crippen LogP contribution is 2.29. The molecule has 0 bridgehead atoms. The van der Waals surface area contributed by atoms with Crippen LogP contribution in [0.25, 0.3) is 10.2 Å². The molecular formula is C19H17ClFN3O2S. The van der Waals surface area contributed by atoms with Crippen LogP contribution in [-0.4, -0.2) is 48.6 Å². The summed E-state index contributed by atoms with van der Waals surface area (Å²) in [5.41, 5.74) is 0.797. The van der Waals surface area contributed by atoms with Crippen LogP contribution in [0.3, 0.4) is 0 Å². The van der Waals surface area contributed by atoms with E-state index in [0.29, 0.717) is 37.0 Å². The van der Waals surface area contributed by atoms with Crippen molar-refractivity contribution in [2.75, 3.05) is 37.7 Å². The number of carbonyl (C=O) groups is 1. The molecule has 5 nitrogen and oxygen atoms in total. The predicted molar refractivity (Wildman–Crippen MR) is 105 cm³/mol. The van der Waals surface area contributed by atoms with Gasteiger partial charge in [-0.3, -0.25) is 4.79 Å². The highest BCUT2D eigenvalue weighted by molar-refractivity contribution is 7.22. The van der Waals surface area contributed by atoms with Crippen molar-refractivity contribution in [3.05, 3.63) is 53.3 Å². The maximum atomic E-state index is 13.3. The molecule has 0 N–H and O–H groups in total. The first-order chi connectivity index (χ1) is 13.1. The third-order valence-corrected chi connectivity index (χ3v) is 5.75. The minimum absolute atomic E-state index is 0.00203. The minimum Gasteiger partial charge on any atom is -0.484 e. The molecule has 2 heterocycles. The van der Waals surface area contributed by atoms with Gasteiger partial charge in [-0.25, -0.2) is 9.37 Å². The lowest BCUT2D eigenvalue weighted by molar-refractivity contribution is -0.133. The van der Waals surface area contributed by atoms with Crippen LogP contribution in [0.1, 0.15) is 0 Å². The van der Waals surface area contributed by atoms with E-state index in [1.165, 1.54) is 23.5 Å². The third kappa shape index (κ3) is 4.14. The molecule has 4 rings (SSSR count). The monoisotopic (exact) mass is 405 g/mol. The van der Waals surface area contributed by atoms with Crippen LogP contribution >= 0.6 is 22.9 Å². The molecule has 27 heavy (non-hydrogen) atoms. The van der Waals surface area contributed by atoms with Gasteiger partial charge in [0.1, 0.15) is 11.6 Å². The molecule has 0 radical (unpaired) electrons. The largest absolute Gasteiger partial charge is 0.484 e. The Hall–Kier alpha value is -2.38. The van der Waals surface area contributed by atoms with Gasteiger partial charge in [-0.05, 0) is 42.5 Å². The zero-order valence-electron chi connectivity index (χ0n) is 14.4. The summed E-state index contributed by atoms with van der Waals surface area (Å²) in [4.78, 5) is 20.9. The standard InChI is InChI=1S/C19H17ClFN3O2S/c20-13-1-4-15(5-2-13)26-12-18(25)23-7-9-24(10-8-23)19-22-16-6-3-14(21)11-17(16)27-19/h1-6,11H,7-10,12H2. The van der Waals surface area contributed by atoms with Gasteiger partial charge in [-0.2, -0.15) is 0 Å². The number of piperazine rings is 1. The lowest BCUT2D eigenvalue weighted by Gasteiger charge is -2.34. The summed E-state index contributed by atoms with van der Waals surface area (Å²) in [7, 11) is 0. The number of thiazole rings is 1. The molecule has 0 unspecified atom stereocenters. The number of hydrogen-bond acceptors (Lipinski definition) is 5. The number of nitrogens with zero attached hydrogens (tertiary/aromatic N) is 3. The highest BCUT2D eigenvalue weighted by Gasteiger charge is 2.23. The van der Waals surface area contributed by atoms with Crippen molar-refractivity contribution in [1.29, 1.82) is 0 Å². The topological polar surface area (TPSA) is 45.7 Å². The zero-order valence-corrected chi connectivity index (χ0v) is 16.0. The van der Waals surface area contributed by atoms with Gasteiger partial charge in [0.2, 0.25) is 0 Å². The van der Waals surface area contributed by atoms with E-state index in [1.54, 1.807) is 35.2 Å². The summed E-state index contributed by atoms with van der Waals surface area (Å²) in [6.07, 6.45) is 0. The molecule has 0 atom stereocenters. The first-order valence-electron chi connectivity index (χ1n) is 8.56. The lowest BCUT2D eigenvalue weighted by Crippen LogP contribution is -2.50. The Bertz CT molecular complexity index is 955. The number of aromatic nitrogens is 1. The number of amides is 1. The van der Waals surface area contributed by atoms with E-state index < -0.39 is 0 Å². The third-order valence-electron chi connectivity index (χ3n) is 4.42. The van der Waals surface area contributed by atoms with Gasteiger partial charge in [-0.1, -0.05) is 22.9 Å². The number of rotatable bonds is 4. The van der Waals surface area contributed by atoms with Crippen molar-refractivity contribution in [1.82, 2.24) is 9.88 Å². The minimum atomic E-state index is -0.256. The van der Waals surface area contributed by atoms with Crippen LogP contribution in [0, 0.1) is 5.82 Å². The van der Waals surface area contributed by atoms with Gasteiger partial charge in [0.25, 0.3) is 5.91 Å². The fourth-order valence-electron chi connectivity index (χ4n) is 2.94. The molecule has 0 aliphatic carbocycles. The zero-order chi connectivity index (χ0) is 18.8. The molecule has 1 aromatic heterocycles. The van der Waals surface area contributed by atoms with Crippen molar-refractivity contribution in [3.8, 4) is 5.75 Å². The van der Waals surface area contributed by atoms with Crippen molar-refractivity contribution in [3.63, 3.8) is 0 Å². The summed E-state index contributed by atoms with van der Waals surface area (Å²) in [5, 5.41) is 1.49. The molecule has 1 amide bonds. The number of ether oxygens (including phenoxy) is 1. The van der Waals surface area contributed by atoms with Gasteiger partial charge in [0.15, 0.2) is 11.7 Å². The second kappa shape index (κ2) is 7.70. The first kappa shape index (κ1) is 18.0. The van der Waals surface area contributed by atoms with E-state index in [4.69, 9.17) is 16.3 Å². The molecule has 1 saturated heterocycles. The Labute approximate surface area is 164 Å². The molecule has 2 aromatic carbocycles. The number of halogens is 2. The van der Waals surface area contributed by atoms with Gasteiger partial charge < -0.3 is 14.5 Å². The molecular weight excluding hydrogens is 389 g/mol. The normalized spacial score (nSPS) is 14.6. The quantitative estimate of drug-likeness (QED) is 0.662. The van der Waals surface area contributed by atoms with E-state index in [9.17, 15) is 9.18 Å². The second-order valence-electron chi connectivity index (χ2n) is 6.22. The van der Waals surface area contributed by atoms with Crippen LogP contribution < -0.4 is 9.64 Å². The molecule has 3 aromatic rings. The summed E-state index contributed by atoms with van der Waals surface area (Å²) in [6.45, 7) is 2.59. The van der Waals surface area contributed by atoms with Crippen LogP contribution in [-0.2, 0) is 4.79 Å². The highest BCUT2D eigenvalue weighted by atomic mass is 35.5. The summed E-state index contributed by atoms with van der Waals surface area (Å²) < 4.78 is 19.7. The van der Waals surface area contributed by atoms with Crippen molar-refractivity contribution < 1.29 is 13.9 Å². The Morgan fingerprint density at radius 2 is 1.89 bits per heavy atom. The van der Waals surface area contributed by atoms with Crippen molar-refractivity contribution >= 4 is 44.2 Å². The number of hydrogen-bond donors (Lipinski definition) is 0. The summed E-state index contributed by atoms with van der Waals surface area (Å²) >= 11 is 7.31. The fraction of sp³-hybridized carbons (Fsp3) is 0.263. The Balaban J connectivity index is 1.32. The predicted octanol–water partition coefficient (Wildman–Crippen LogP) is 3.82. The van der Waals surface area contributed by atoms with E-state index >= 15 is 0 Å². The number of fused-ring (bicyclic) bond motifs is 1. The number of carbonyl (C=O) groups excluding carboxylic acids is 1. The van der Waals surface area contributed by atoms with Crippen LogP contribution in [0.4, 0.5) is 9.52 Å². The molecule has 1 aliphatic heterocycles. The Kier molecular flexibility index (Phi) is 5.13. The molecule has 0 spiro atoms. The first-order valence-corrected chi connectivity index (χ1v) is 9.75. The Morgan fingerprint density at radius 3 is 2.63 bits per heavy atom. The Morgan fingerprint density at radius 1 is 1.15 bits per heavy atom. The van der Waals surface area contributed by atoms with Gasteiger partial charge in [0.05, 0.1) is 10.2 Å². The van der Waals surface area contributed by atoms with E-state index in [-0.39, 0.29) is 18.3 Å². The molecule has 8 heteroatoms. The maximum absolute atomic E-state index is 13.3. The average molecular weight is 406 g/mol. The summed E-state index contributed by atoms with van der Waals surface area (Å²) in [5.74, 6) is 0.317. The van der Waals surface area contributed by atoms with Crippen LogP contribution in [0.2, 0.25) is 5.02 Å². The SMILES string of the molecule is O=C(COc1ccc(Cl)cc1)N1CCN(c2nc3ccc(F)cc3s2)CC1. The molecule has 140 valence electrons. The molecule has 1 fully saturated rings. The van der Waals surface area contributed by atoms with Gasteiger partial charge >= 0.3 is 0 Å². The van der Waals surface area contributed by atoms with Gasteiger partial charge in [-0.15, -0.1) is 0 Å². The van der Waals surface area contributed by atoms with E-state index in [1.807, 2.05) is 0 Å². The summed E-state index contributed by atoms with van der Waals surface area (Å²) in [6, 6.07) is 11.5. The molecule has 0 saturated carbocycles. The van der Waals surface area contributed by atoms with Crippen LogP contribution in [0.15, 0.2) is 42.5 Å². The van der Waals surface area contributed by atoms with E-state index in [0.717, 1.165) is 15.3 Å². The van der Waals surface area contributed by atoms with Crippen LogP contribution in [0.5, 0.6) is 5.75 Å². The fourth-order valence-corrected chi connectivity index (χ4v) is 4.10. The lowest BCUT2D eigenvalue weighted by atomic mass is 10.3.